The fourth-order valence-corrected chi connectivity index (χ4v) is 12.9. The Morgan fingerprint density at radius 1 is 0.322 bits per heavy atom. The molecule has 0 fully saturated rings. The van der Waals surface area contributed by atoms with Crippen LogP contribution >= 0.6 is 0 Å². The Hall–Kier alpha value is -1.66. The normalized spacial score (nSPS) is 12.6. The summed E-state index contributed by atoms with van der Waals surface area (Å²) < 4.78 is 5.51. The standard InChI is InChI=1S/C81H157NO5/c1-3-5-7-9-11-13-15-17-18-19-44-47-51-55-59-63-67-71-75-81(86)87-76-72-68-64-60-56-52-48-45-42-40-38-36-34-32-30-28-26-24-22-20-21-23-25-27-29-31-33-35-37-39-41-43-46-50-54-58-62-66-70-74-80(85)82-78(77-83)79(84)73-69-65-61-57-53-49-16-14-12-10-8-6-4-2/h13,15,18-19,78-79,83-84H,3-12,14,16-17,20-77H2,1-2H3,(H,82,85)/b15-13-,19-18-. The fourth-order valence-electron chi connectivity index (χ4n) is 12.9. The molecule has 87 heavy (non-hydrogen) atoms. The maximum absolute atomic E-state index is 12.5. The quantitative estimate of drug-likeness (QED) is 0.0320. The fraction of sp³-hybridized carbons (Fsp3) is 0.926. The van der Waals surface area contributed by atoms with E-state index in [1.807, 2.05) is 0 Å². The van der Waals surface area contributed by atoms with Crippen LogP contribution in [0.4, 0.5) is 0 Å². The first-order chi connectivity index (χ1) is 43.0. The molecule has 6 nitrogen and oxygen atoms in total. The summed E-state index contributed by atoms with van der Waals surface area (Å²) >= 11 is 0. The minimum atomic E-state index is -0.659. The zero-order valence-corrected chi connectivity index (χ0v) is 59.3. The van der Waals surface area contributed by atoms with Crippen molar-refractivity contribution in [2.45, 2.75) is 469 Å². The van der Waals surface area contributed by atoms with Gasteiger partial charge in [-0.2, -0.15) is 0 Å². The maximum Gasteiger partial charge on any atom is 0.305 e. The lowest BCUT2D eigenvalue weighted by atomic mass is 10.0. The molecule has 0 radical (unpaired) electrons. The van der Waals surface area contributed by atoms with Gasteiger partial charge in [-0.15, -0.1) is 0 Å². The molecule has 2 unspecified atom stereocenters. The topological polar surface area (TPSA) is 95.9 Å². The number of allylic oxidation sites excluding steroid dienone is 4. The van der Waals surface area contributed by atoms with E-state index in [-0.39, 0.29) is 18.5 Å². The highest BCUT2D eigenvalue weighted by atomic mass is 16.5. The lowest BCUT2D eigenvalue weighted by Gasteiger charge is -2.22. The molecule has 0 saturated carbocycles. The van der Waals surface area contributed by atoms with Crippen molar-refractivity contribution >= 4 is 11.9 Å². The highest BCUT2D eigenvalue weighted by Crippen LogP contribution is 2.20. The van der Waals surface area contributed by atoms with Crippen molar-refractivity contribution in [3.63, 3.8) is 0 Å². The number of hydrogen-bond acceptors (Lipinski definition) is 5. The van der Waals surface area contributed by atoms with Gasteiger partial charge in [-0.05, 0) is 57.8 Å². The van der Waals surface area contributed by atoms with Gasteiger partial charge in [0.2, 0.25) is 5.91 Å². The third-order valence-corrected chi connectivity index (χ3v) is 19.0. The average Bonchev–Trinajstić information content (AvgIpc) is 3.54. The number of unbranched alkanes of at least 4 members (excludes halogenated alkanes) is 61. The number of amides is 1. The molecule has 0 heterocycles. The number of nitrogens with one attached hydrogen (secondary N) is 1. The van der Waals surface area contributed by atoms with Gasteiger partial charge in [-0.1, -0.05) is 411 Å². The number of aliphatic hydroxyl groups excluding tert-OH is 2. The van der Waals surface area contributed by atoms with Gasteiger partial charge in [0, 0.05) is 12.8 Å². The molecule has 0 spiro atoms. The average molecular weight is 1230 g/mol. The van der Waals surface area contributed by atoms with Crippen LogP contribution in [0.3, 0.4) is 0 Å². The smallest absolute Gasteiger partial charge is 0.305 e. The van der Waals surface area contributed by atoms with Crippen molar-refractivity contribution in [1.82, 2.24) is 5.32 Å². The largest absolute Gasteiger partial charge is 0.466 e. The van der Waals surface area contributed by atoms with Crippen LogP contribution in [0.1, 0.15) is 457 Å². The number of aliphatic hydroxyl groups is 2. The molecule has 2 atom stereocenters. The lowest BCUT2D eigenvalue weighted by Crippen LogP contribution is -2.45. The van der Waals surface area contributed by atoms with E-state index in [0.717, 1.165) is 51.4 Å². The minimum Gasteiger partial charge on any atom is -0.466 e. The van der Waals surface area contributed by atoms with Gasteiger partial charge in [0.25, 0.3) is 0 Å². The molecule has 0 aromatic carbocycles. The third kappa shape index (κ3) is 73.3. The molecule has 6 heteroatoms. The van der Waals surface area contributed by atoms with Crippen LogP contribution in [-0.2, 0) is 14.3 Å². The molecule has 0 aromatic rings. The SMILES string of the molecule is CCCCCC/C=C\C/C=C\CCCCCCCCCC(=O)OCCCCCCCCCCCCCCCCCCCCCCCCCCCCCCCCCCCCCCCCCC(=O)NC(CO)C(O)CCCCCCCCCCCCCCC. The van der Waals surface area contributed by atoms with Crippen molar-refractivity contribution in [3.8, 4) is 0 Å². The van der Waals surface area contributed by atoms with Crippen molar-refractivity contribution in [1.29, 1.82) is 0 Å². The van der Waals surface area contributed by atoms with Gasteiger partial charge in [-0.3, -0.25) is 9.59 Å². The van der Waals surface area contributed by atoms with Gasteiger partial charge in [0.05, 0.1) is 25.4 Å². The van der Waals surface area contributed by atoms with E-state index >= 15 is 0 Å². The first-order valence-electron chi connectivity index (χ1n) is 40.1. The van der Waals surface area contributed by atoms with E-state index in [2.05, 4.69) is 43.5 Å². The molecule has 0 aliphatic heterocycles. The molecule has 3 N–H and O–H groups in total. The summed E-state index contributed by atoms with van der Waals surface area (Å²) in [6.45, 7) is 4.97. The molecule has 0 rings (SSSR count). The summed E-state index contributed by atoms with van der Waals surface area (Å²) in [6.07, 6.45) is 98.6. The predicted octanol–water partition coefficient (Wildman–Crippen LogP) is 26.4. The monoisotopic (exact) mass is 1220 g/mol. The number of carbonyl (C=O) groups is 2. The minimum absolute atomic E-state index is 0.0175. The zero-order valence-electron chi connectivity index (χ0n) is 59.3. The first-order valence-corrected chi connectivity index (χ1v) is 40.1. The molecule has 1 amide bonds. The van der Waals surface area contributed by atoms with E-state index in [4.69, 9.17) is 4.74 Å². The summed E-state index contributed by atoms with van der Waals surface area (Å²) in [5.74, 6) is -0.00857. The molecule has 0 bridgehead atoms. The second-order valence-electron chi connectivity index (χ2n) is 27.8. The van der Waals surface area contributed by atoms with Crippen molar-refractivity contribution in [2.24, 2.45) is 0 Å². The second-order valence-corrected chi connectivity index (χ2v) is 27.8. The van der Waals surface area contributed by atoms with Crippen LogP contribution in [0.25, 0.3) is 0 Å². The Kier molecular flexibility index (Phi) is 75.3. The first kappa shape index (κ1) is 85.3. The summed E-state index contributed by atoms with van der Waals surface area (Å²) in [6, 6.07) is -0.535. The summed E-state index contributed by atoms with van der Waals surface area (Å²) in [5, 5.41) is 23.3. The van der Waals surface area contributed by atoms with Crippen molar-refractivity contribution in [3.05, 3.63) is 24.3 Å². The van der Waals surface area contributed by atoms with Crippen molar-refractivity contribution < 1.29 is 24.5 Å². The zero-order chi connectivity index (χ0) is 62.8. The van der Waals surface area contributed by atoms with Crippen molar-refractivity contribution in [2.75, 3.05) is 13.2 Å². The van der Waals surface area contributed by atoms with Gasteiger partial charge in [-0.25, -0.2) is 0 Å². The van der Waals surface area contributed by atoms with Crippen LogP contribution in [0.5, 0.6) is 0 Å². The number of ether oxygens (including phenoxy) is 1. The molecule has 0 aliphatic rings. The third-order valence-electron chi connectivity index (χ3n) is 19.0. The van der Waals surface area contributed by atoms with Crippen LogP contribution < -0.4 is 5.32 Å². The molecule has 0 aromatic heterocycles. The summed E-state index contributed by atoms with van der Waals surface area (Å²) in [5.41, 5.74) is 0. The molecule has 0 aliphatic carbocycles. The number of hydrogen-bond donors (Lipinski definition) is 3. The highest BCUT2D eigenvalue weighted by molar-refractivity contribution is 5.76. The van der Waals surface area contributed by atoms with Gasteiger partial charge in [0.15, 0.2) is 0 Å². The molecular formula is C81H157NO5. The number of rotatable bonds is 76. The van der Waals surface area contributed by atoms with Gasteiger partial charge >= 0.3 is 5.97 Å². The van der Waals surface area contributed by atoms with E-state index in [1.54, 1.807) is 0 Å². The lowest BCUT2D eigenvalue weighted by molar-refractivity contribution is -0.143. The maximum atomic E-state index is 12.5. The Morgan fingerprint density at radius 3 is 0.885 bits per heavy atom. The number of carbonyl (C=O) groups excluding carboxylic acids is 2. The second kappa shape index (κ2) is 76.8. The Balaban J connectivity index is 3.27. The Labute approximate surface area is 545 Å². The van der Waals surface area contributed by atoms with E-state index in [1.165, 1.54) is 372 Å². The van der Waals surface area contributed by atoms with Crippen LogP contribution in [0.2, 0.25) is 0 Å². The van der Waals surface area contributed by atoms with Gasteiger partial charge < -0.3 is 20.3 Å². The predicted molar refractivity (Wildman–Crippen MR) is 384 cm³/mol. The van der Waals surface area contributed by atoms with Crippen LogP contribution in [-0.4, -0.2) is 47.4 Å². The molecular weight excluding hydrogens is 1070 g/mol. The summed E-state index contributed by atoms with van der Waals surface area (Å²) in [4.78, 5) is 24.6. The number of esters is 1. The van der Waals surface area contributed by atoms with Gasteiger partial charge in [0.1, 0.15) is 0 Å². The van der Waals surface area contributed by atoms with E-state index in [9.17, 15) is 19.8 Å². The molecule has 516 valence electrons. The van der Waals surface area contributed by atoms with E-state index in [0.29, 0.717) is 25.9 Å². The van der Waals surface area contributed by atoms with Crippen LogP contribution in [0, 0.1) is 0 Å². The Morgan fingerprint density at radius 2 is 0.575 bits per heavy atom. The van der Waals surface area contributed by atoms with Crippen LogP contribution in [0.15, 0.2) is 24.3 Å². The molecule has 0 saturated heterocycles. The van der Waals surface area contributed by atoms with E-state index < -0.39 is 12.1 Å². The summed E-state index contributed by atoms with van der Waals surface area (Å²) in [7, 11) is 0. The highest BCUT2D eigenvalue weighted by Gasteiger charge is 2.20. The Bertz CT molecular complexity index is 1360.